The van der Waals surface area contributed by atoms with E-state index in [0.717, 1.165) is 26.2 Å². The molecule has 0 aliphatic carbocycles. The quantitative estimate of drug-likeness (QED) is 0.671. The molecule has 0 aromatic carbocycles. The molecule has 0 saturated carbocycles. The lowest BCUT2D eigenvalue weighted by atomic mass is 10.3. The Morgan fingerprint density at radius 2 is 1.78 bits per heavy atom. The normalized spacial score (nSPS) is 25.8. The number of hydrogen-bond acceptors (Lipinski definition) is 5. The van der Waals surface area contributed by atoms with Gasteiger partial charge < -0.3 is 10.1 Å². The Morgan fingerprint density at radius 1 is 1.17 bits per heavy atom. The van der Waals surface area contributed by atoms with Crippen molar-refractivity contribution in [3.05, 3.63) is 12.7 Å². The average molecular weight is 275 g/mol. The molecule has 7 heteroatoms. The summed E-state index contributed by atoms with van der Waals surface area (Å²) < 4.78 is 31.8. The zero-order chi connectivity index (χ0) is 13.0. The molecular weight excluding hydrogens is 254 g/mol. The maximum atomic E-state index is 12.6. The molecule has 2 heterocycles. The minimum atomic E-state index is -3.34. The molecule has 1 unspecified atom stereocenters. The monoisotopic (exact) mass is 275 g/mol. The third-order valence-electron chi connectivity index (χ3n) is 3.35. The molecule has 0 spiro atoms. The second-order valence-corrected chi connectivity index (χ2v) is 6.50. The van der Waals surface area contributed by atoms with Gasteiger partial charge in [0.05, 0.1) is 13.2 Å². The van der Waals surface area contributed by atoms with E-state index in [-0.39, 0.29) is 0 Å². The Kier molecular flexibility index (Phi) is 4.74. The van der Waals surface area contributed by atoms with Crippen molar-refractivity contribution >= 4 is 10.0 Å². The first-order valence-electron chi connectivity index (χ1n) is 6.30. The highest BCUT2D eigenvalue weighted by Gasteiger charge is 2.35. The maximum absolute atomic E-state index is 12.6. The van der Waals surface area contributed by atoms with E-state index in [2.05, 4.69) is 11.9 Å². The Hall–Kier alpha value is -0.470. The summed E-state index contributed by atoms with van der Waals surface area (Å²) in [6, 6.07) is 0. The summed E-state index contributed by atoms with van der Waals surface area (Å²) in [6.45, 7) is 8.66. The molecule has 0 aromatic rings. The van der Waals surface area contributed by atoms with Crippen molar-refractivity contribution in [3.63, 3.8) is 0 Å². The largest absolute Gasteiger partial charge is 0.379 e. The minimum absolute atomic E-state index is 0.443. The van der Waals surface area contributed by atoms with Crippen LogP contribution in [-0.2, 0) is 14.8 Å². The van der Waals surface area contributed by atoms with Gasteiger partial charge in [-0.3, -0.25) is 4.90 Å². The van der Waals surface area contributed by atoms with Crippen molar-refractivity contribution in [1.82, 2.24) is 14.5 Å². The number of morpholine rings is 1. The molecule has 0 amide bonds. The first kappa shape index (κ1) is 14.0. The summed E-state index contributed by atoms with van der Waals surface area (Å²) in [5.41, 5.74) is 0. The van der Waals surface area contributed by atoms with Crippen LogP contribution in [0, 0.1) is 0 Å². The molecular formula is C11H21N3O3S. The number of piperazine rings is 1. The van der Waals surface area contributed by atoms with Gasteiger partial charge in [0.1, 0.15) is 5.37 Å². The molecule has 0 bridgehead atoms. The van der Waals surface area contributed by atoms with Crippen molar-refractivity contribution in [2.75, 3.05) is 52.5 Å². The number of sulfonamides is 1. The zero-order valence-corrected chi connectivity index (χ0v) is 11.4. The van der Waals surface area contributed by atoms with Crippen LogP contribution in [-0.4, -0.2) is 75.5 Å². The number of ether oxygens (including phenoxy) is 1. The van der Waals surface area contributed by atoms with Crippen LogP contribution in [0.5, 0.6) is 0 Å². The van der Waals surface area contributed by atoms with Crippen molar-refractivity contribution in [2.24, 2.45) is 0 Å². The molecule has 1 N–H and O–H groups in total. The lowest BCUT2D eigenvalue weighted by Gasteiger charge is -2.36. The van der Waals surface area contributed by atoms with Crippen LogP contribution >= 0.6 is 0 Å². The van der Waals surface area contributed by atoms with Crippen LogP contribution in [0.4, 0.5) is 0 Å². The van der Waals surface area contributed by atoms with Crippen LogP contribution < -0.4 is 5.32 Å². The van der Waals surface area contributed by atoms with Gasteiger partial charge in [-0.15, -0.1) is 6.58 Å². The van der Waals surface area contributed by atoms with Gasteiger partial charge >= 0.3 is 0 Å². The number of nitrogens with one attached hydrogen (secondary N) is 1. The summed E-state index contributed by atoms with van der Waals surface area (Å²) in [5.74, 6) is 0. The van der Waals surface area contributed by atoms with Crippen molar-refractivity contribution in [1.29, 1.82) is 0 Å². The highest BCUT2D eigenvalue weighted by molar-refractivity contribution is 7.89. The van der Waals surface area contributed by atoms with E-state index in [9.17, 15) is 8.42 Å². The Balaban J connectivity index is 2.11. The zero-order valence-electron chi connectivity index (χ0n) is 10.5. The van der Waals surface area contributed by atoms with Gasteiger partial charge in [0.15, 0.2) is 0 Å². The Labute approximate surface area is 109 Å². The van der Waals surface area contributed by atoms with Crippen LogP contribution in [0.1, 0.15) is 0 Å². The molecule has 2 aliphatic rings. The summed E-state index contributed by atoms with van der Waals surface area (Å²) in [5, 5.41) is 2.61. The molecule has 104 valence electrons. The predicted octanol–water partition coefficient (Wildman–Crippen LogP) is -0.934. The summed E-state index contributed by atoms with van der Waals surface area (Å²) in [4.78, 5) is 1.97. The fraction of sp³-hybridized carbons (Fsp3) is 0.818. The Bertz CT molecular complexity index is 373. The summed E-state index contributed by atoms with van der Waals surface area (Å²) in [7, 11) is -3.34. The fourth-order valence-electron chi connectivity index (χ4n) is 2.35. The molecule has 0 aromatic heterocycles. The fourth-order valence-corrected chi connectivity index (χ4v) is 4.14. The van der Waals surface area contributed by atoms with Gasteiger partial charge in [0.2, 0.25) is 10.0 Å². The average Bonchev–Trinajstić information content (AvgIpc) is 2.41. The second kappa shape index (κ2) is 6.12. The van der Waals surface area contributed by atoms with Crippen LogP contribution in [0.15, 0.2) is 12.7 Å². The van der Waals surface area contributed by atoms with E-state index in [1.807, 2.05) is 4.90 Å². The predicted molar refractivity (Wildman–Crippen MR) is 69.7 cm³/mol. The summed E-state index contributed by atoms with van der Waals surface area (Å²) in [6.07, 6.45) is 1.54. The van der Waals surface area contributed by atoms with Crippen LogP contribution in [0.3, 0.4) is 0 Å². The first-order chi connectivity index (χ1) is 8.66. The van der Waals surface area contributed by atoms with Gasteiger partial charge in [-0.25, -0.2) is 8.42 Å². The van der Waals surface area contributed by atoms with Crippen molar-refractivity contribution < 1.29 is 13.2 Å². The first-order valence-corrected chi connectivity index (χ1v) is 7.80. The highest BCUT2D eigenvalue weighted by Crippen LogP contribution is 2.16. The third kappa shape index (κ3) is 2.92. The summed E-state index contributed by atoms with van der Waals surface area (Å²) >= 11 is 0. The highest BCUT2D eigenvalue weighted by atomic mass is 32.2. The van der Waals surface area contributed by atoms with E-state index in [0.29, 0.717) is 26.3 Å². The van der Waals surface area contributed by atoms with Crippen LogP contribution in [0.25, 0.3) is 0 Å². The van der Waals surface area contributed by atoms with E-state index in [1.165, 1.54) is 10.4 Å². The lowest BCUT2D eigenvalue weighted by Crippen LogP contribution is -2.55. The van der Waals surface area contributed by atoms with Gasteiger partial charge in [-0.1, -0.05) is 6.08 Å². The lowest BCUT2D eigenvalue weighted by molar-refractivity contribution is 0.0714. The standard InChI is InChI=1S/C11H21N3O3S/c1-2-11(13-5-3-12-4-6-13)18(15,16)14-7-9-17-10-8-14/h2,11-12H,1,3-10H2. The van der Waals surface area contributed by atoms with Gasteiger partial charge in [0.25, 0.3) is 0 Å². The molecule has 18 heavy (non-hydrogen) atoms. The second-order valence-electron chi connectivity index (χ2n) is 4.47. The van der Waals surface area contributed by atoms with Crippen molar-refractivity contribution in [2.45, 2.75) is 5.37 Å². The maximum Gasteiger partial charge on any atom is 0.234 e. The number of rotatable bonds is 4. The molecule has 0 radical (unpaired) electrons. The van der Waals surface area contributed by atoms with E-state index < -0.39 is 15.4 Å². The molecule has 2 fully saturated rings. The minimum Gasteiger partial charge on any atom is -0.379 e. The number of hydrogen-bond donors (Lipinski definition) is 1. The molecule has 6 nitrogen and oxygen atoms in total. The van der Waals surface area contributed by atoms with Crippen LogP contribution in [0.2, 0.25) is 0 Å². The molecule has 2 rings (SSSR count). The Morgan fingerprint density at radius 3 is 2.33 bits per heavy atom. The van der Waals surface area contributed by atoms with Gasteiger partial charge in [-0.05, 0) is 0 Å². The number of nitrogens with zero attached hydrogens (tertiary/aromatic N) is 2. The van der Waals surface area contributed by atoms with E-state index in [4.69, 9.17) is 4.74 Å². The molecule has 1 atom stereocenters. The SMILES string of the molecule is C=CC(N1CCNCC1)S(=O)(=O)N1CCOCC1. The van der Waals surface area contributed by atoms with E-state index in [1.54, 1.807) is 0 Å². The molecule has 2 saturated heterocycles. The van der Waals surface area contributed by atoms with Gasteiger partial charge in [-0.2, -0.15) is 4.31 Å². The molecule has 2 aliphatic heterocycles. The third-order valence-corrected chi connectivity index (χ3v) is 5.53. The van der Waals surface area contributed by atoms with Gasteiger partial charge in [0, 0.05) is 39.3 Å². The van der Waals surface area contributed by atoms with E-state index >= 15 is 0 Å². The van der Waals surface area contributed by atoms with Crippen molar-refractivity contribution in [3.8, 4) is 0 Å². The smallest absolute Gasteiger partial charge is 0.234 e. The topological polar surface area (TPSA) is 61.9 Å².